The Morgan fingerprint density at radius 1 is 1.24 bits per heavy atom. The van der Waals surface area contributed by atoms with Crippen LogP contribution in [0, 0.1) is 0 Å². The van der Waals surface area contributed by atoms with E-state index in [4.69, 9.17) is 4.74 Å². The van der Waals surface area contributed by atoms with E-state index in [2.05, 4.69) is 25.7 Å². The van der Waals surface area contributed by atoms with E-state index < -0.39 is 0 Å². The van der Waals surface area contributed by atoms with Crippen molar-refractivity contribution >= 4 is 11.9 Å². The van der Waals surface area contributed by atoms with Crippen molar-refractivity contribution < 1.29 is 9.53 Å². The quantitative estimate of drug-likeness (QED) is 0.669. The first kappa shape index (κ1) is 19.1. The van der Waals surface area contributed by atoms with E-state index in [1.807, 2.05) is 30.3 Å². The van der Waals surface area contributed by atoms with Crippen LogP contribution in [-0.2, 0) is 13.7 Å². The monoisotopic (exact) mass is 392 g/mol. The molecule has 8 nitrogen and oxygen atoms in total. The Morgan fingerprint density at radius 2 is 2.03 bits per heavy atom. The zero-order valence-corrected chi connectivity index (χ0v) is 16.3. The number of amides is 1. The lowest BCUT2D eigenvalue weighted by Gasteiger charge is -2.19. The van der Waals surface area contributed by atoms with Gasteiger partial charge in [-0.2, -0.15) is 10.1 Å². The van der Waals surface area contributed by atoms with Crippen LogP contribution < -0.4 is 15.4 Å². The Kier molecular flexibility index (Phi) is 5.81. The van der Waals surface area contributed by atoms with Gasteiger partial charge < -0.3 is 10.1 Å². The molecule has 0 unspecified atom stereocenters. The van der Waals surface area contributed by atoms with Crippen molar-refractivity contribution in [1.82, 2.24) is 25.1 Å². The average molecular weight is 392 g/mol. The highest BCUT2D eigenvalue weighted by Crippen LogP contribution is 2.23. The number of hydrogen-bond donors (Lipinski definition) is 2. The van der Waals surface area contributed by atoms with Gasteiger partial charge in [0.05, 0.1) is 0 Å². The molecule has 1 aliphatic rings. The zero-order chi connectivity index (χ0) is 20.1. The fraction of sp³-hybridized carbons (Fsp3) is 0.333. The van der Waals surface area contributed by atoms with Gasteiger partial charge in [0.1, 0.15) is 6.61 Å². The molecule has 1 aromatic carbocycles. The smallest absolute Gasteiger partial charge is 0.258 e. The van der Waals surface area contributed by atoms with Gasteiger partial charge in [0.25, 0.3) is 5.91 Å². The molecule has 29 heavy (non-hydrogen) atoms. The van der Waals surface area contributed by atoms with Gasteiger partial charge in [-0.15, -0.1) is 0 Å². The number of carbonyl (C=O) groups excluding carboxylic acids is 1. The van der Waals surface area contributed by atoms with Crippen molar-refractivity contribution in [2.45, 2.75) is 25.4 Å². The van der Waals surface area contributed by atoms with Gasteiger partial charge in [-0.3, -0.25) is 10.1 Å². The van der Waals surface area contributed by atoms with Gasteiger partial charge in [-0.25, -0.2) is 9.67 Å². The molecule has 1 aliphatic heterocycles. The predicted octanol–water partition coefficient (Wildman–Crippen LogP) is 2.51. The Labute approximate surface area is 169 Å². The summed E-state index contributed by atoms with van der Waals surface area (Å²) in [5.41, 5.74) is 1.49. The van der Waals surface area contributed by atoms with Crippen LogP contribution in [0.3, 0.4) is 0 Å². The number of aromatic nitrogens is 4. The second-order valence-corrected chi connectivity index (χ2v) is 7.05. The van der Waals surface area contributed by atoms with Gasteiger partial charge in [0, 0.05) is 30.8 Å². The highest BCUT2D eigenvalue weighted by atomic mass is 16.5. The molecule has 4 rings (SSSR count). The van der Waals surface area contributed by atoms with Gasteiger partial charge in [0.15, 0.2) is 5.82 Å². The molecule has 1 fully saturated rings. The number of ether oxygens (including phenoxy) is 1. The fourth-order valence-electron chi connectivity index (χ4n) is 3.30. The predicted molar refractivity (Wildman–Crippen MR) is 109 cm³/mol. The van der Waals surface area contributed by atoms with Crippen molar-refractivity contribution in [2.75, 3.05) is 18.4 Å². The van der Waals surface area contributed by atoms with Gasteiger partial charge >= 0.3 is 0 Å². The summed E-state index contributed by atoms with van der Waals surface area (Å²) in [6.07, 6.45) is 3.57. The molecule has 2 N–H and O–H groups in total. The number of anilines is 1. The number of nitrogens with one attached hydrogen (secondary N) is 2. The summed E-state index contributed by atoms with van der Waals surface area (Å²) < 4.78 is 7.32. The van der Waals surface area contributed by atoms with Gasteiger partial charge in [-0.05, 0) is 37.6 Å². The Morgan fingerprint density at radius 3 is 2.83 bits per heavy atom. The first-order valence-electron chi connectivity index (χ1n) is 9.75. The van der Waals surface area contributed by atoms with Crippen LogP contribution in [-0.4, -0.2) is 38.7 Å². The van der Waals surface area contributed by atoms with E-state index in [1.54, 1.807) is 30.1 Å². The molecule has 0 radical (unpaired) electrons. The first-order valence-corrected chi connectivity index (χ1v) is 9.75. The van der Waals surface area contributed by atoms with Crippen LogP contribution in [0.4, 0.5) is 5.95 Å². The summed E-state index contributed by atoms with van der Waals surface area (Å²) in [5, 5.41) is 10.7. The minimum absolute atomic E-state index is 0.274. The minimum Gasteiger partial charge on any atom is -0.473 e. The topological polar surface area (TPSA) is 94.0 Å². The third-order valence-corrected chi connectivity index (χ3v) is 4.94. The van der Waals surface area contributed by atoms with Crippen LogP contribution in [0.25, 0.3) is 0 Å². The molecule has 0 aliphatic carbocycles. The largest absolute Gasteiger partial charge is 0.473 e. The third kappa shape index (κ3) is 4.78. The summed E-state index contributed by atoms with van der Waals surface area (Å²) in [6, 6.07) is 13.1. The molecular weight excluding hydrogens is 368 g/mol. The summed E-state index contributed by atoms with van der Waals surface area (Å²) in [5.74, 6) is 1.67. The van der Waals surface area contributed by atoms with Crippen LogP contribution in [0.15, 0.2) is 48.7 Å². The van der Waals surface area contributed by atoms with Crippen LogP contribution in [0.1, 0.15) is 40.5 Å². The molecule has 2 aromatic heterocycles. The molecule has 0 bridgehead atoms. The van der Waals surface area contributed by atoms with E-state index in [0.29, 0.717) is 29.9 Å². The zero-order valence-electron chi connectivity index (χ0n) is 16.3. The van der Waals surface area contributed by atoms with Crippen molar-refractivity contribution in [3.63, 3.8) is 0 Å². The standard InChI is InChI=1S/C21H24N6O2/c1-27-21(24-19(26-27)16-7-10-22-11-8-16)25-20(28)17-9-12-23-18(13-17)29-14-15-5-3-2-4-6-15/h2-6,9,12-13,16,22H,7-8,10-11,14H2,1H3,(H,24,25,26,28). The van der Waals surface area contributed by atoms with Crippen molar-refractivity contribution in [1.29, 1.82) is 0 Å². The van der Waals surface area contributed by atoms with E-state index in [9.17, 15) is 4.79 Å². The van der Waals surface area contributed by atoms with Gasteiger partial charge in [-0.1, -0.05) is 30.3 Å². The normalized spacial score (nSPS) is 14.5. The van der Waals surface area contributed by atoms with Crippen LogP contribution in [0.5, 0.6) is 5.88 Å². The molecule has 3 aromatic rings. The molecular formula is C21H24N6O2. The van der Waals surface area contributed by atoms with E-state index in [0.717, 1.165) is 37.3 Å². The maximum absolute atomic E-state index is 12.7. The van der Waals surface area contributed by atoms with Gasteiger partial charge in [0.2, 0.25) is 11.8 Å². The number of nitrogens with zero attached hydrogens (tertiary/aromatic N) is 4. The number of pyridine rings is 1. The number of piperidine rings is 1. The number of hydrogen-bond acceptors (Lipinski definition) is 6. The maximum atomic E-state index is 12.7. The number of aryl methyl sites for hydroxylation is 1. The Balaban J connectivity index is 1.41. The van der Waals surface area contributed by atoms with Crippen LogP contribution >= 0.6 is 0 Å². The SMILES string of the molecule is Cn1nc(C2CCNCC2)nc1NC(=O)c1ccnc(OCc2ccccc2)c1. The van der Waals surface area contributed by atoms with E-state index >= 15 is 0 Å². The molecule has 8 heteroatoms. The Bertz CT molecular complexity index is 966. The highest BCUT2D eigenvalue weighted by Gasteiger charge is 2.21. The van der Waals surface area contributed by atoms with Crippen molar-refractivity contribution in [2.24, 2.45) is 7.05 Å². The van der Waals surface area contributed by atoms with E-state index in [1.165, 1.54) is 0 Å². The molecule has 0 atom stereocenters. The molecule has 3 heterocycles. The first-order chi connectivity index (χ1) is 14.2. The molecule has 1 saturated heterocycles. The van der Waals surface area contributed by atoms with E-state index in [-0.39, 0.29) is 5.91 Å². The second-order valence-electron chi connectivity index (χ2n) is 7.05. The Hall–Kier alpha value is -3.26. The summed E-state index contributed by atoms with van der Waals surface area (Å²) in [6.45, 7) is 2.32. The summed E-state index contributed by atoms with van der Waals surface area (Å²) >= 11 is 0. The lowest BCUT2D eigenvalue weighted by Crippen LogP contribution is -2.27. The molecule has 150 valence electrons. The van der Waals surface area contributed by atoms with Crippen molar-refractivity contribution in [3.05, 3.63) is 65.6 Å². The number of carbonyl (C=O) groups is 1. The second kappa shape index (κ2) is 8.83. The lowest BCUT2D eigenvalue weighted by molar-refractivity contribution is 0.102. The highest BCUT2D eigenvalue weighted by molar-refractivity contribution is 6.03. The number of benzene rings is 1. The molecule has 0 spiro atoms. The molecule has 1 amide bonds. The average Bonchev–Trinajstić information content (AvgIpc) is 3.14. The molecule has 0 saturated carbocycles. The lowest BCUT2D eigenvalue weighted by atomic mass is 9.98. The number of rotatable bonds is 6. The fourth-order valence-corrected chi connectivity index (χ4v) is 3.30. The summed E-state index contributed by atoms with van der Waals surface area (Å²) in [7, 11) is 1.79. The third-order valence-electron chi connectivity index (χ3n) is 4.94. The minimum atomic E-state index is -0.274. The van der Waals surface area contributed by atoms with Crippen LogP contribution in [0.2, 0.25) is 0 Å². The van der Waals surface area contributed by atoms with Crippen molar-refractivity contribution in [3.8, 4) is 5.88 Å². The summed E-state index contributed by atoms with van der Waals surface area (Å²) in [4.78, 5) is 21.4. The maximum Gasteiger partial charge on any atom is 0.258 e.